The van der Waals surface area contributed by atoms with Crippen LogP contribution in [0.2, 0.25) is 0 Å². The van der Waals surface area contributed by atoms with E-state index in [9.17, 15) is 5.11 Å². The minimum absolute atomic E-state index is 0.421. The first-order valence-electron chi connectivity index (χ1n) is 7.51. The van der Waals surface area contributed by atoms with Crippen molar-refractivity contribution in [2.45, 2.75) is 12.6 Å². The highest BCUT2D eigenvalue weighted by molar-refractivity contribution is 5.34. The Morgan fingerprint density at radius 1 is 1.12 bits per heavy atom. The number of ether oxygens (including phenoxy) is 1. The minimum Gasteiger partial charge on any atom is -0.492 e. The van der Waals surface area contributed by atoms with Crippen LogP contribution in [0.1, 0.15) is 23.2 Å². The van der Waals surface area contributed by atoms with Crippen LogP contribution in [0, 0.1) is 11.3 Å². The number of nitrogens with zero attached hydrogens (tertiary/aromatic N) is 4. The largest absolute Gasteiger partial charge is 0.492 e. The zero-order valence-electron chi connectivity index (χ0n) is 12.9. The first-order valence-corrected chi connectivity index (χ1v) is 7.51. The number of aliphatic hydroxyl groups is 1. The number of pyridine rings is 1. The van der Waals surface area contributed by atoms with Gasteiger partial charge >= 0.3 is 0 Å². The first-order chi connectivity index (χ1) is 11.8. The summed E-state index contributed by atoms with van der Waals surface area (Å²) < 4.78 is 7.50. The number of rotatable bonds is 6. The summed E-state index contributed by atoms with van der Waals surface area (Å²) in [6, 6.07) is 14.4. The van der Waals surface area contributed by atoms with Crippen LogP contribution in [0.25, 0.3) is 0 Å². The summed E-state index contributed by atoms with van der Waals surface area (Å²) >= 11 is 0. The summed E-state index contributed by atoms with van der Waals surface area (Å²) in [5.41, 5.74) is 1.15. The molecule has 0 fully saturated rings. The first kappa shape index (κ1) is 15.7. The average molecular weight is 320 g/mol. The molecule has 0 radical (unpaired) electrons. The standard InChI is InChI=1S/C18H16N4O2/c19-13-14-4-6-15(7-5-14)24-12-11-22-10-9-21-18(22)17(23)16-3-1-2-8-20-16/h1-10,17,23H,11-12H2. The molecule has 3 rings (SSSR count). The Morgan fingerprint density at radius 3 is 2.67 bits per heavy atom. The summed E-state index contributed by atoms with van der Waals surface area (Å²) in [5.74, 6) is 1.22. The van der Waals surface area contributed by atoms with Crippen LogP contribution in [0.3, 0.4) is 0 Å². The molecule has 0 spiro atoms. The van der Waals surface area contributed by atoms with Crippen molar-refractivity contribution in [1.29, 1.82) is 5.26 Å². The summed E-state index contributed by atoms with van der Waals surface area (Å²) in [6.45, 7) is 0.962. The number of nitriles is 1. The van der Waals surface area contributed by atoms with Crippen LogP contribution < -0.4 is 4.74 Å². The maximum atomic E-state index is 10.4. The fraction of sp³-hybridized carbons (Fsp3) is 0.167. The van der Waals surface area contributed by atoms with Crippen molar-refractivity contribution < 1.29 is 9.84 Å². The molecule has 0 aliphatic carbocycles. The maximum Gasteiger partial charge on any atom is 0.153 e. The number of aliphatic hydroxyl groups excluding tert-OH is 1. The molecule has 1 N–H and O–H groups in total. The van der Waals surface area contributed by atoms with Crippen LogP contribution in [0.5, 0.6) is 5.75 Å². The minimum atomic E-state index is -0.879. The second-order valence-electron chi connectivity index (χ2n) is 5.12. The van der Waals surface area contributed by atoms with Gasteiger partial charge in [-0.15, -0.1) is 0 Å². The second-order valence-corrected chi connectivity index (χ2v) is 5.12. The van der Waals surface area contributed by atoms with Gasteiger partial charge < -0.3 is 14.4 Å². The molecule has 2 heterocycles. The number of aromatic nitrogens is 3. The van der Waals surface area contributed by atoms with E-state index >= 15 is 0 Å². The van der Waals surface area contributed by atoms with Gasteiger partial charge in [-0.2, -0.15) is 5.26 Å². The van der Waals surface area contributed by atoms with Gasteiger partial charge in [-0.1, -0.05) is 6.07 Å². The number of hydrogen-bond donors (Lipinski definition) is 1. The molecule has 0 aliphatic rings. The summed E-state index contributed by atoms with van der Waals surface area (Å²) in [6.07, 6.45) is 4.20. The third-order valence-electron chi connectivity index (χ3n) is 3.54. The van der Waals surface area contributed by atoms with Crippen LogP contribution in [0.4, 0.5) is 0 Å². The topological polar surface area (TPSA) is 84.0 Å². The van der Waals surface area contributed by atoms with E-state index in [0.29, 0.717) is 36.0 Å². The maximum absolute atomic E-state index is 10.4. The van der Waals surface area contributed by atoms with Crippen molar-refractivity contribution in [3.8, 4) is 11.8 Å². The van der Waals surface area contributed by atoms with Crippen molar-refractivity contribution in [2.24, 2.45) is 0 Å². The highest BCUT2D eigenvalue weighted by Gasteiger charge is 2.17. The Kier molecular flexibility index (Phi) is 4.84. The molecule has 0 aliphatic heterocycles. The predicted octanol–water partition coefficient (Wildman–Crippen LogP) is 2.31. The van der Waals surface area contributed by atoms with Crippen molar-refractivity contribution in [3.05, 3.63) is 78.1 Å². The zero-order chi connectivity index (χ0) is 16.8. The van der Waals surface area contributed by atoms with Gasteiger partial charge in [0.2, 0.25) is 0 Å². The molecule has 3 aromatic rings. The van der Waals surface area contributed by atoms with Crippen LogP contribution in [-0.2, 0) is 6.54 Å². The number of hydrogen-bond acceptors (Lipinski definition) is 5. The van der Waals surface area contributed by atoms with E-state index in [2.05, 4.69) is 16.0 Å². The molecule has 24 heavy (non-hydrogen) atoms. The Bertz CT molecular complexity index is 822. The molecule has 0 amide bonds. The lowest BCUT2D eigenvalue weighted by Gasteiger charge is -2.13. The Balaban J connectivity index is 1.62. The molecule has 6 nitrogen and oxygen atoms in total. The van der Waals surface area contributed by atoms with Crippen molar-refractivity contribution in [2.75, 3.05) is 6.61 Å². The van der Waals surface area contributed by atoms with Gasteiger partial charge in [0.05, 0.1) is 23.9 Å². The van der Waals surface area contributed by atoms with Crippen LogP contribution in [0.15, 0.2) is 61.1 Å². The molecule has 0 saturated carbocycles. The molecule has 1 unspecified atom stereocenters. The van der Waals surface area contributed by atoms with Crippen LogP contribution >= 0.6 is 0 Å². The van der Waals surface area contributed by atoms with E-state index < -0.39 is 6.10 Å². The Hall–Kier alpha value is -3.17. The van der Waals surface area contributed by atoms with Crippen molar-refractivity contribution in [1.82, 2.24) is 14.5 Å². The van der Waals surface area contributed by atoms with Gasteiger partial charge in [-0.05, 0) is 36.4 Å². The molecular weight excluding hydrogens is 304 g/mol. The molecule has 1 aromatic carbocycles. The molecular formula is C18H16N4O2. The SMILES string of the molecule is N#Cc1ccc(OCCn2ccnc2C(O)c2ccccn2)cc1. The van der Waals surface area contributed by atoms with Crippen molar-refractivity contribution >= 4 is 0 Å². The smallest absolute Gasteiger partial charge is 0.153 e. The fourth-order valence-corrected chi connectivity index (χ4v) is 2.31. The highest BCUT2D eigenvalue weighted by atomic mass is 16.5. The summed E-state index contributed by atoms with van der Waals surface area (Å²) in [4.78, 5) is 8.38. The van der Waals surface area contributed by atoms with Crippen molar-refractivity contribution in [3.63, 3.8) is 0 Å². The predicted molar refractivity (Wildman–Crippen MR) is 87.2 cm³/mol. The fourth-order valence-electron chi connectivity index (χ4n) is 2.31. The molecule has 1 atom stereocenters. The van der Waals surface area contributed by atoms with Gasteiger partial charge in [-0.3, -0.25) is 4.98 Å². The third-order valence-corrected chi connectivity index (χ3v) is 3.54. The van der Waals surface area contributed by atoms with E-state index in [-0.39, 0.29) is 0 Å². The Morgan fingerprint density at radius 2 is 1.96 bits per heavy atom. The lowest BCUT2D eigenvalue weighted by atomic mass is 10.2. The normalized spacial score (nSPS) is 11.7. The van der Waals surface area contributed by atoms with Gasteiger partial charge in [0.1, 0.15) is 18.2 Å². The molecule has 0 saturated heterocycles. The number of imidazole rings is 1. The third kappa shape index (κ3) is 3.59. The molecule has 120 valence electrons. The molecule has 6 heteroatoms. The van der Waals surface area contributed by atoms with Crippen LogP contribution in [-0.4, -0.2) is 26.2 Å². The molecule has 2 aromatic heterocycles. The summed E-state index contributed by atoms with van der Waals surface area (Å²) in [5, 5.41) is 19.2. The monoisotopic (exact) mass is 320 g/mol. The van der Waals surface area contributed by atoms with Gasteiger partial charge in [0, 0.05) is 18.6 Å². The van der Waals surface area contributed by atoms with E-state index in [1.807, 2.05) is 10.6 Å². The number of benzene rings is 1. The van der Waals surface area contributed by atoms with Gasteiger partial charge in [0.15, 0.2) is 6.10 Å². The van der Waals surface area contributed by atoms with E-state index in [4.69, 9.17) is 10.00 Å². The lowest BCUT2D eigenvalue weighted by molar-refractivity contribution is 0.196. The lowest BCUT2D eigenvalue weighted by Crippen LogP contribution is -2.14. The van der Waals surface area contributed by atoms with E-state index in [1.165, 1.54) is 0 Å². The average Bonchev–Trinajstić information content (AvgIpc) is 3.11. The molecule has 0 bridgehead atoms. The summed E-state index contributed by atoms with van der Waals surface area (Å²) in [7, 11) is 0. The quantitative estimate of drug-likeness (QED) is 0.753. The van der Waals surface area contributed by atoms with Gasteiger partial charge in [-0.25, -0.2) is 4.98 Å². The second kappa shape index (κ2) is 7.40. The highest BCUT2D eigenvalue weighted by Crippen LogP contribution is 2.18. The Labute approximate surface area is 139 Å². The van der Waals surface area contributed by atoms with E-state index in [0.717, 1.165) is 0 Å². The van der Waals surface area contributed by atoms with E-state index in [1.54, 1.807) is 55.0 Å². The van der Waals surface area contributed by atoms with Gasteiger partial charge in [0.25, 0.3) is 0 Å². The zero-order valence-corrected chi connectivity index (χ0v) is 12.9.